The van der Waals surface area contributed by atoms with Crippen molar-refractivity contribution in [3.05, 3.63) is 28.5 Å². The molecule has 0 unspecified atom stereocenters. The molecular formula is C15H20N2S2. The minimum Gasteiger partial charge on any atom is -0.330 e. The maximum absolute atomic E-state index is 5.54. The number of hydrogen-bond donors (Lipinski definition) is 1. The van der Waals surface area contributed by atoms with E-state index in [1.807, 2.05) is 11.8 Å². The summed E-state index contributed by atoms with van der Waals surface area (Å²) in [6.07, 6.45) is 7.59. The van der Waals surface area contributed by atoms with Gasteiger partial charge in [-0.15, -0.1) is 0 Å². The number of aromatic nitrogens is 2. The Hall–Kier alpha value is -0.740. The van der Waals surface area contributed by atoms with E-state index >= 15 is 0 Å². The second-order valence-electron chi connectivity index (χ2n) is 5.58. The number of imidazole rings is 1. The average Bonchev–Trinajstić information content (AvgIpc) is 2.99. The Morgan fingerprint density at radius 3 is 2.79 bits per heavy atom. The van der Waals surface area contributed by atoms with Crippen molar-refractivity contribution >= 4 is 35.0 Å². The Balaban J connectivity index is 2.08. The first-order valence-electron chi connectivity index (χ1n) is 6.88. The molecule has 19 heavy (non-hydrogen) atoms. The lowest BCUT2D eigenvalue weighted by Gasteiger charge is -2.27. The molecule has 0 radical (unpaired) electrons. The molecule has 1 aliphatic carbocycles. The molecule has 1 saturated carbocycles. The molecule has 0 bridgehead atoms. The molecule has 1 aromatic carbocycles. The van der Waals surface area contributed by atoms with Gasteiger partial charge in [0.05, 0.1) is 11.0 Å². The van der Waals surface area contributed by atoms with Crippen molar-refractivity contribution in [1.82, 2.24) is 9.55 Å². The van der Waals surface area contributed by atoms with Gasteiger partial charge >= 0.3 is 0 Å². The first-order chi connectivity index (χ1) is 9.15. The number of rotatable bonds is 3. The van der Waals surface area contributed by atoms with Gasteiger partial charge in [0.1, 0.15) is 0 Å². The van der Waals surface area contributed by atoms with Crippen molar-refractivity contribution in [1.29, 1.82) is 0 Å². The van der Waals surface area contributed by atoms with Gasteiger partial charge in [0.15, 0.2) is 4.77 Å². The fourth-order valence-electron chi connectivity index (χ4n) is 3.21. The smallest absolute Gasteiger partial charge is 0.178 e. The molecule has 0 amide bonds. The fourth-order valence-corrected chi connectivity index (χ4v) is 4.43. The number of thioether (sulfide) groups is 1. The highest BCUT2D eigenvalue weighted by molar-refractivity contribution is 8.00. The summed E-state index contributed by atoms with van der Waals surface area (Å²) in [5.41, 5.74) is 3.72. The number of para-hydroxylation sites is 1. The van der Waals surface area contributed by atoms with Gasteiger partial charge in [-0.1, -0.05) is 25.0 Å². The Kier molecular flexibility index (Phi) is 3.48. The highest BCUT2D eigenvalue weighted by Gasteiger charge is 2.33. The largest absolute Gasteiger partial charge is 0.330 e. The number of fused-ring (bicyclic) bond motifs is 1. The van der Waals surface area contributed by atoms with E-state index in [1.165, 1.54) is 42.3 Å². The second-order valence-corrected chi connectivity index (χ2v) is 7.24. The summed E-state index contributed by atoms with van der Waals surface area (Å²) in [6.45, 7) is 3.17. The summed E-state index contributed by atoms with van der Waals surface area (Å²) in [5, 5.41) is 0. The molecule has 2 nitrogen and oxygen atoms in total. The topological polar surface area (TPSA) is 20.7 Å². The van der Waals surface area contributed by atoms with E-state index in [9.17, 15) is 0 Å². The molecule has 0 atom stereocenters. The van der Waals surface area contributed by atoms with Gasteiger partial charge in [-0.05, 0) is 49.9 Å². The van der Waals surface area contributed by atoms with Crippen LogP contribution in [0, 0.1) is 11.7 Å². The van der Waals surface area contributed by atoms with Crippen LogP contribution in [-0.4, -0.2) is 20.6 Å². The Morgan fingerprint density at radius 2 is 2.11 bits per heavy atom. The molecule has 1 heterocycles. The first-order valence-corrected chi connectivity index (χ1v) is 8.52. The third kappa shape index (κ3) is 2.25. The highest BCUT2D eigenvalue weighted by Crippen LogP contribution is 2.42. The molecule has 0 saturated heterocycles. The second kappa shape index (κ2) is 4.98. The van der Waals surface area contributed by atoms with Gasteiger partial charge in [-0.2, -0.15) is 11.8 Å². The van der Waals surface area contributed by atoms with Gasteiger partial charge in [-0.3, -0.25) is 0 Å². The Labute approximate surface area is 123 Å². The van der Waals surface area contributed by atoms with E-state index in [0.717, 1.165) is 11.3 Å². The molecule has 4 heteroatoms. The van der Waals surface area contributed by atoms with Crippen LogP contribution in [0.2, 0.25) is 0 Å². The molecular weight excluding hydrogens is 272 g/mol. The van der Waals surface area contributed by atoms with E-state index in [-0.39, 0.29) is 0 Å². The van der Waals surface area contributed by atoms with Crippen LogP contribution in [0.5, 0.6) is 0 Å². The number of H-pyrrole nitrogens is 1. The molecule has 0 spiro atoms. The maximum Gasteiger partial charge on any atom is 0.178 e. The average molecular weight is 292 g/mol. The van der Waals surface area contributed by atoms with Crippen LogP contribution in [0.4, 0.5) is 0 Å². The SMILES string of the molecule is CSC1(Cn2c(=S)[nH]c3c(C)cccc32)CCCC1. The number of benzene rings is 1. The molecule has 1 fully saturated rings. The summed E-state index contributed by atoms with van der Waals surface area (Å²) < 4.78 is 3.56. The van der Waals surface area contributed by atoms with Crippen LogP contribution in [-0.2, 0) is 6.54 Å². The zero-order chi connectivity index (χ0) is 13.5. The summed E-state index contributed by atoms with van der Waals surface area (Å²) in [7, 11) is 0. The quantitative estimate of drug-likeness (QED) is 0.829. The third-order valence-corrected chi connectivity index (χ3v) is 6.14. The lowest BCUT2D eigenvalue weighted by Crippen LogP contribution is -2.26. The van der Waals surface area contributed by atoms with E-state index in [4.69, 9.17) is 12.2 Å². The van der Waals surface area contributed by atoms with Gasteiger partial charge in [0.25, 0.3) is 0 Å². The van der Waals surface area contributed by atoms with Gasteiger partial charge < -0.3 is 9.55 Å². The van der Waals surface area contributed by atoms with Crippen molar-refractivity contribution in [2.24, 2.45) is 0 Å². The third-order valence-electron chi connectivity index (χ3n) is 4.41. The molecule has 0 aliphatic heterocycles. The predicted octanol–water partition coefficient (Wildman–Crippen LogP) is 4.68. The predicted molar refractivity (Wildman–Crippen MR) is 86.6 cm³/mol. The summed E-state index contributed by atoms with van der Waals surface area (Å²) in [6, 6.07) is 6.44. The van der Waals surface area contributed by atoms with Crippen molar-refractivity contribution in [3.63, 3.8) is 0 Å². The van der Waals surface area contributed by atoms with Crippen molar-refractivity contribution in [2.75, 3.05) is 6.26 Å². The monoisotopic (exact) mass is 292 g/mol. The van der Waals surface area contributed by atoms with E-state index in [1.54, 1.807) is 0 Å². The van der Waals surface area contributed by atoms with Crippen molar-refractivity contribution in [3.8, 4) is 0 Å². The number of nitrogens with one attached hydrogen (secondary N) is 1. The zero-order valence-electron chi connectivity index (χ0n) is 11.5. The van der Waals surface area contributed by atoms with Crippen LogP contribution in [0.3, 0.4) is 0 Å². The minimum absolute atomic E-state index is 0.386. The van der Waals surface area contributed by atoms with Crippen LogP contribution in [0.1, 0.15) is 31.2 Å². The minimum atomic E-state index is 0.386. The summed E-state index contributed by atoms with van der Waals surface area (Å²) >= 11 is 7.56. The van der Waals surface area contributed by atoms with Crippen LogP contribution < -0.4 is 0 Å². The Bertz CT molecular complexity index is 648. The fraction of sp³-hybridized carbons (Fsp3) is 0.533. The normalized spacial score (nSPS) is 18.2. The number of nitrogens with zero attached hydrogens (tertiary/aromatic N) is 1. The number of hydrogen-bond acceptors (Lipinski definition) is 2. The first kappa shape index (κ1) is 13.3. The standard InChI is InChI=1S/C15H20N2S2/c1-11-6-5-7-12-13(11)16-14(18)17(12)10-15(19-2)8-3-4-9-15/h5-7H,3-4,8-10H2,1-2H3,(H,16,18). The van der Waals surface area contributed by atoms with Crippen LogP contribution >= 0.6 is 24.0 Å². The number of aryl methyl sites for hydroxylation is 1. The van der Waals surface area contributed by atoms with Gasteiger partial charge in [0.2, 0.25) is 0 Å². The van der Waals surface area contributed by atoms with E-state index in [2.05, 4.69) is 40.9 Å². The van der Waals surface area contributed by atoms with Crippen molar-refractivity contribution in [2.45, 2.75) is 43.9 Å². The van der Waals surface area contributed by atoms with Crippen LogP contribution in [0.25, 0.3) is 11.0 Å². The van der Waals surface area contributed by atoms with E-state index in [0.29, 0.717) is 4.75 Å². The molecule has 1 aliphatic rings. The Morgan fingerprint density at radius 1 is 1.37 bits per heavy atom. The van der Waals surface area contributed by atoms with Crippen LogP contribution in [0.15, 0.2) is 18.2 Å². The zero-order valence-corrected chi connectivity index (χ0v) is 13.2. The van der Waals surface area contributed by atoms with Crippen molar-refractivity contribution < 1.29 is 0 Å². The number of aromatic amines is 1. The van der Waals surface area contributed by atoms with Gasteiger partial charge in [-0.25, -0.2) is 0 Å². The van der Waals surface area contributed by atoms with E-state index < -0.39 is 0 Å². The lowest BCUT2D eigenvalue weighted by atomic mass is 10.1. The molecule has 102 valence electrons. The molecule has 1 aromatic heterocycles. The maximum atomic E-state index is 5.54. The summed E-state index contributed by atoms with van der Waals surface area (Å²) in [5.74, 6) is 0. The van der Waals surface area contributed by atoms with Gasteiger partial charge in [0, 0.05) is 11.3 Å². The molecule has 3 rings (SSSR count). The summed E-state index contributed by atoms with van der Waals surface area (Å²) in [4.78, 5) is 3.38. The lowest BCUT2D eigenvalue weighted by molar-refractivity contribution is 0.510. The molecule has 1 N–H and O–H groups in total. The molecule has 2 aromatic rings. The highest BCUT2D eigenvalue weighted by atomic mass is 32.2.